The minimum absolute atomic E-state index is 0.00487. The molecule has 1 heterocycles. The number of sulfonamides is 1. The van der Waals surface area contributed by atoms with E-state index in [1.807, 2.05) is 6.92 Å². The van der Waals surface area contributed by atoms with Gasteiger partial charge >= 0.3 is 6.18 Å². The van der Waals surface area contributed by atoms with Gasteiger partial charge in [-0.25, -0.2) is 12.7 Å². The lowest BCUT2D eigenvalue weighted by atomic mass is 10.0. The molecule has 35 heavy (non-hydrogen) atoms. The summed E-state index contributed by atoms with van der Waals surface area (Å²) in [5.41, 5.74) is 0.575. The van der Waals surface area contributed by atoms with E-state index >= 15 is 0 Å². The van der Waals surface area contributed by atoms with E-state index in [1.165, 1.54) is 30.1 Å². The highest BCUT2D eigenvalue weighted by Crippen LogP contribution is 2.30. The van der Waals surface area contributed by atoms with Crippen LogP contribution in [0.25, 0.3) is 0 Å². The molecular weight excluding hydrogens is 491 g/mol. The van der Waals surface area contributed by atoms with Gasteiger partial charge in [-0.05, 0) is 25.1 Å². The van der Waals surface area contributed by atoms with Gasteiger partial charge in [-0.15, -0.1) is 0 Å². The molecule has 13 heteroatoms. The Morgan fingerprint density at radius 3 is 2.60 bits per heavy atom. The first-order chi connectivity index (χ1) is 16.1. The molecule has 198 valence electrons. The summed E-state index contributed by atoms with van der Waals surface area (Å²) in [4.78, 5) is 26.5. The smallest absolute Gasteiger partial charge is 0.389 e. The molecule has 0 spiro atoms. The predicted molar refractivity (Wildman–Crippen MR) is 123 cm³/mol. The van der Waals surface area contributed by atoms with Crippen LogP contribution >= 0.6 is 0 Å². The van der Waals surface area contributed by atoms with E-state index < -0.39 is 47.1 Å². The van der Waals surface area contributed by atoms with E-state index in [0.29, 0.717) is 11.3 Å². The first kappa shape index (κ1) is 28.9. The molecule has 0 unspecified atom stereocenters. The Morgan fingerprint density at radius 1 is 1.37 bits per heavy atom. The van der Waals surface area contributed by atoms with Gasteiger partial charge in [0.1, 0.15) is 11.9 Å². The predicted octanol–water partition coefficient (Wildman–Crippen LogP) is 2.01. The molecule has 0 saturated carbocycles. The molecule has 9 nitrogen and oxygen atoms in total. The number of hydrogen-bond acceptors (Lipinski definition) is 6. The number of amides is 2. The number of aliphatic hydroxyl groups excluding tert-OH is 1. The van der Waals surface area contributed by atoms with Gasteiger partial charge in [-0.2, -0.15) is 13.2 Å². The molecule has 1 aromatic carbocycles. The molecule has 0 fully saturated rings. The summed E-state index contributed by atoms with van der Waals surface area (Å²) in [5.74, 6) is -1.16. The van der Waals surface area contributed by atoms with Gasteiger partial charge in [0.2, 0.25) is 21.8 Å². The van der Waals surface area contributed by atoms with Gasteiger partial charge in [-0.3, -0.25) is 9.59 Å². The standard InChI is InChI=1S/C22H32F3N3O6S/c1-14-11-28(15(2)13-29)21(31)10-16-9-17(26-20(30)7-8-22(23,24)25)5-6-18(16)34-19(14)12-27(3)35(4,32)33/h5-6,9,14-15,19,29H,7-8,10-13H2,1-4H3,(H,26,30)/t14-,15+,19+/m0/s1. The van der Waals surface area contributed by atoms with Crippen LogP contribution in [-0.4, -0.2) is 85.9 Å². The molecule has 1 aromatic rings. The number of fused-ring (bicyclic) bond motifs is 1. The zero-order valence-electron chi connectivity index (χ0n) is 20.1. The van der Waals surface area contributed by atoms with Crippen LogP contribution in [0.1, 0.15) is 32.3 Å². The maximum Gasteiger partial charge on any atom is 0.389 e. The average Bonchev–Trinajstić information content (AvgIpc) is 2.79. The molecule has 0 bridgehead atoms. The van der Waals surface area contributed by atoms with Crippen molar-refractivity contribution >= 4 is 27.5 Å². The van der Waals surface area contributed by atoms with Gasteiger partial charge in [0.05, 0.1) is 38.3 Å². The largest absolute Gasteiger partial charge is 0.488 e. The summed E-state index contributed by atoms with van der Waals surface area (Å²) >= 11 is 0. The number of likely N-dealkylation sites (N-methyl/N-ethyl adjacent to an activating group) is 1. The van der Waals surface area contributed by atoms with Gasteiger partial charge < -0.3 is 20.1 Å². The molecule has 2 amide bonds. The molecule has 2 N–H and O–H groups in total. The van der Waals surface area contributed by atoms with Crippen LogP contribution in [0, 0.1) is 5.92 Å². The first-order valence-electron chi connectivity index (χ1n) is 11.1. The number of carbonyl (C=O) groups is 2. The van der Waals surface area contributed by atoms with E-state index in [0.717, 1.165) is 10.6 Å². The van der Waals surface area contributed by atoms with Gasteiger partial charge in [-0.1, -0.05) is 6.92 Å². The highest BCUT2D eigenvalue weighted by atomic mass is 32.2. The lowest BCUT2D eigenvalue weighted by Crippen LogP contribution is -2.48. The number of rotatable bonds is 8. The van der Waals surface area contributed by atoms with Crippen molar-refractivity contribution in [3.8, 4) is 5.75 Å². The van der Waals surface area contributed by atoms with Crippen molar-refractivity contribution in [2.45, 2.75) is 51.4 Å². The third-order valence-corrected chi connectivity index (χ3v) is 7.12. The Kier molecular flexibility index (Phi) is 9.54. The fraction of sp³-hybridized carbons (Fsp3) is 0.636. The highest BCUT2D eigenvalue weighted by Gasteiger charge is 2.32. The summed E-state index contributed by atoms with van der Waals surface area (Å²) in [5, 5.41) is 12.0. The van der Waals surface area contributed by atoms with E-state index in [1.54, 1.807) is 6.92 Å². The fourth-order valence-corrected chi connectivity index (χ4v) is 4.01. The Morgan fingerprint density at radius 2 is 2.03 bits per heavy atom. The monoisotopic (exact) mass is 523 g/mol. The van der Waals surface area contributed by atoms with Gasteiger partial charge in [0, 0.05) is 37.2 Å². The summed E-state index contributed by atoms with van der Waals surface area (Å²) in [6, 6.07) is 3.88. The van der Waals surface area contributed by atoms with Gasteiger partial charge in [0.15, 0.2) is 0 Å². The first-order valence-corrected chi connectivity index (χ1v) is 12.9. The fourth-order valence-electron chi connectivity index (χ4n) is 3.59. The molecular formula is C22H32F3N3O6S. The number of alkyl halides is 3. The number of carbonyl (C=O) groups excluding carboxylic acids is 2. The molecule has 1 aliphatic rings. The lowest BCUT2D eigenvalue weighted by molar-refractivity contribution is -0.142. The van der Waals surface area contributed by atoms with Crippen molar-refractivity contribution in [3.63, 3.8) is 0 Å². The molecule has 0 radical (unpaired) electrons. The maximum absolute atomic E-state index is 13.1. The number of benzene rings is 1. The van der Waals surface area contributed by atoms with Crippen LogP contribution in [0.3, 0.4) is 0 Å². The number of nitrogens with zero attached hydrogens (tertiary/aromatic N) is 2. The van der Waals surface area contributed by atoms with Crippen molar-refractivity contribution in [2.75, 3.05) is 38.3 Å². The van der Waals surface area contributed by atoms with Crippen molar-refractivity contribution < 1.29 is 41.0 Å². The SMILES string of the molecule is C[C@H](CO)N1C[C@H](C)[C@@H](CN(C)S(C)(=O)=O)Oc2ccc(NC(=O)CCC(F)(F)F)cc2CC1=O. The number of nitrogens with one attached hydrogen (secondary N) is 1. The number of ether oxygens (including phenoxy) is 1. The van der Waals surface area contributed by atoms with Gasteiger partial charge in [0.25, 0.3) is 0 Å². The Bertz CT molecular complexity index is 1020. The number of hydrogen-bond donors (Lipinski definition) is 2. The van der Waals surface area contributed by atoms with Crippen molar-refractivity contribution in [3.05, 3.63) is 23.8 Å². The van der Waals surface area contributed by atoms with Crippen LogP contribution < -0.4 is 10.1 Å². The second-order valence-corrected chi connectivity index (χ2v) is 11.0. The molecule has 0 saturated heterocycles. The molecule has 3 atom stereocenters. The number of halogens is 3. The summed E-state index contributed by atoms with van der Waals surface area (Å²) < 4.78 is 68.5. The van der Waals surface area contributed by atoms with E-state index in [9.17, 15) is 36.3 Å². The summed E-state index contributed by atoms with van der Waals surface area (Å²) in [6.07, 6.45) is -6.19. The van der Waals surface area contributed by atoms with Crippen molar-refractivity contribution in [2.24, 2.45) is 5.92 Å². The van der Waals surface area contributed by atoms with E-state index in [-0.39, 0.29) is 43.6 Å². The normalized spacial score (nSPS) is 20.4. The average molecular weight is 524 g/mol. The summed E-state index contributed by atoms with van der Waals surface area (Å²) in [6.45, 7) is 3.42. The zero-order valence-corrected chi connectivity index (χ0v) is 20.9. The van der Waals surface area contributed by atoms with Crippen LogP contribution in [0.15, 0.2) is 18.2 Å². The number of aliphatic hydroxyl groups is 1. The second kappa shape index (κ2) is 11.6. The topological polar surface area (TPSA) is 116 Å². The Labute approximate surface area is 203 Å². The molecule has 2 rings (SSSR count). The molecule has 0 aliphatic carbocycles. The van der Waals surface area contributed by atoms with Crippen LogP contribution in [0.5, 0.6) is 5.75 Å². The van der Waals surface area contributed by atoms with E-state index in [2.05, 4.69) is 5.32 Å². The van der Waals surface area contributed by atoms with Crippen LogP contribution in [0.2, 0.25) is 0 Å². The zero-order chi connectivity index (χ0) is 26.6. The second-order valence-electron chi connectivity index (χ2n) is 8.92. The molecule has 1 aliphatic heterocycles. The highest BCUT2D eigenvalue weighted by molar-refractivity contribution is 7.88. The summed E-state index contributed by atoms with van der Waals surface area (Å²) in [7, 11) is -2.09. The molecule has 0 aromatic heterocycles. The maximum atomic E-state index is 13.1. The third-order valence-electron chi connectivity index (χ3n) is 5.84. The quantitative estimate of drug-likeness (QED) is 0.539. The minimum atomic E-state index is -4.46. The van der Waals surface area contributed by atoms with Crippen LogP contribution in [0.4, 0.5) is 18.9 Å². The van der Waals surface area contributed by atoms with Crippen molar-refractivity contribution in [1.29, 1.82) is 0 Å². The lowest BCUT2D eigenvalue weighted by Gasteiger charge is -2.33. The minimum Gasteiger partial charge on any atom is -0.488 e. The van der Waals surface area contributed by atoms with Crippen LogP contribution in [-0.2, 0) is 26.0 Å². The third kappa shape index (κ3) is 8.65. The van der Waals surface area contributed by atoms with E-state index in [4.69, 9.17) is 4.74 Å². The Hall–Kier alpha value is -2.38. The van der Waals surface area contributed by atoms with Crippen molar-refractivity contribution in [1.82, 2.24) is 9.21 Å². The Balaban J connectivity index is 2.38. The number of anilines is 1.